The average molecular weight is 487 g/mol. The normalized spacial score (nSPS) is 10.9. The Labute approximate surface area is 175 Å². The van der Waals surface area contributed by atoms with Crippen LogP contribution in [0.25, 0.3) is 21.3 Å². The molecule has 4 aromatic rings. The predicted octanol–water partition coefficient (Wildman–Crippen LogP) is 6.41. The number of thiophene rings is 1. The van der Waals surface area contributed by atoms with Crippen LogP contribution in [-0.4, -0.2) is 16.6 Å². The van der Waals surface area contributed by atoms with Gasteiger partial charge in [-0.25, -0.2) is 9.97 Å². The lowest BCUT2D eigenvalue weighted by molar-refractivity contribution is 0.340. The lowest BCUT2D eigenvalue weighted by Gasteiger charge is -2.11. The minimum atomic E-state index is 0.665. The molecule has 0 radical (unpaired) electrons. The molecule has 0 saturated carbocycles. The van der Waals surface area contributed by atoms with E-state index in [4.69, 9.17) is 4.74 Å². The Bertz CT molecular complexity index is 1090. The third-order valence-corrected chi connectivity index (χ3v) is 5.85. The lowest BCUT2D eigenvalue weighted by Crippen LogP contribution is -1.97. The summed E-state index contributed by atoms with van der Waals surface area (Å²) in [4.78, 5) is 9.96. The van der Waals surface area contributed by atoms with E-state index in [-0.39, 0.29) is 0 Å². The second-order valence-electron chi connectivity index (χ2n) is 6.09. The number of nitrogens with one attached hydrogen (secondary N) is 1. The molecule has 27 heavy (non-hydrogen) atoms. The molecule has 0 amide bonds. The van der Waals surface area contributed by atoms with E-state index in [2.05, 4.69) is 80.5 Å². The molecule has 0 saturated heterocycles. The van der Waals surface area contributed by atoms with Crippen LogP contribution in [-0.2, 0) is 0 Å². The number of aryl methyl sites for hydroxylation is 1. The smallest absolute Gasteiger partial charge is 0.143 e. The molecule has 6 heteroatoms. The van der Waals surface area contributed by atoms with Crippen molar-refractivity contribution < 1.29 is 4.74 Å². The second-order valence-corrected chi connectivity index (χ2v) is 8.20. The van der Waals surface area contributed by atoms with E-state index in [0.717, 1.165) is 38.6 Å². The zero-order valence-electron chi connectivity index (χ0n) is 15.0. The Kier molecular flexibility index (Phi) is 5.27. The van der Waals surface area contributed by atoms with Crippen LogP contribution in [0.15, 0.2) is 54.2 Å². The van der Waals surface area contributed by atoms with Crippen molar-refractivity contribution in [2.75, 3.05) is 11.9 Å². The molecule has 0 atom stereocenters. The monoisotopic (exact) mass is 487 g/mol. The van der Waals surface area contributed by atoms with Crippen molar-refractivity contribution in [2.24, 2.45) is 0 Å². The standard InChI is InChI=1S/C21H18IN3OS/c1-3-26-16-7-4-14(5-8-16)17-11-27-21-19(17)20(23-12-24-21)25-18-9-6-15(22)10-13(18)2/h4-12H,3H2,1-2H3,(H,23,24,25). The highest BCUT2D eigenvalue weighted by Gasteiger charge is 2.14. The summed E-state index contributed by atoms with van der Waals surface area (Å²) in [6, 6.07) is 14.5. The van der Waals surface area contributed by atoms with Gasteiger partial charge >= 0.3 is 0 Å². The largest absolute Gasteiger partial charge is 0.494 e. The van der Waals surface area contributed by atoms with E-state index in [0.29, 0.717) is 6.61 Å². The maximum Gasteiger partial charge on any atom is 0.143 e. The first-order valence-electron chi connectivity index (χ1n) is 8.64. The van der Waals surface area contributed by atoms with E-state index < -0.39 is 0 Å². The van der Waals surface area contributed by atoms with Gasteiger partial charge in [0.15, 0.2) is 0 Å². The van der Waals surface area contributed by atoms with Gasteiger partial charge in [-0.15, -0.1) is 11.3 Å². The van der Waals surface area contributed by atoms with E-state index in [1.54, 1.807) is 17.7 Å². The average Bonchev–Trinajstić information content (AvgIpc) is 3.10. The number of hydrogen-bond acceptors (Lipinski definition) is 5. The van der Waals surface area contributed by atoms with Crippen molar-refractivity contribution in [2.45, 2.75) is 13.8 Å². The van der Waals surface area contributed by atoms with Crippen molar-refractivity contribution in [1.82, 2.24) is 9.97 Å². The summed E-state index contributed by atoms with van der Waals surface area (Å²) < 4.78 is 6.77. The molecule has 2 aromatic carbocycles. The molecule has 0 aliphatic carbocycles. The van der Waals surface area contributed by atoms with Crippen molar-refractivity contribution in [3.63, 3.8) is 0 Å². The molecule has 4 nitrogen and oxygen atoms in total. The molecule has 0 aliphatic rings. The summed E-state index contributed by atoms with van der Waals surface area (Å²) in [5.74, 6) is 1.71. The third kappa shape index (κ3) is 3.77. The molecule has 0 fully saturated rings. The van der Waals surface area contributed by atoms with Crippen LogP contribution in [0.4, 0.5) is 11.5 Å². The van der Waals surface area contributed by atoms with Crippen LogP contribution < -0.4 is 10.1 Å². The fraction of sp³-hybridized carbons (Fsp3) is 0.143. The van der Waals surface area contributed by atoms with Gasteiger partial charge in [-0.05, 0) is 77.9 Å². The first-order valence-corrected chi connectivity index (χ1v) is 10.6. The summed E-state index contributed by atoms with van der Waals surface area (Å²) in [5.41, 5.74) is 4.50. The molecule has 2 heterocycles. The highest BCUT2D eigenvalue weighted by molar-refractivity contribution is 14.1. The first-order chi connectivity index (χ1) is 13.2. The van der Waals surface area contributed by atoms with Crippen LogP contribution in [0.3, 0.4) is 0 Å². The van der Waals surface area contributed by atoms with Crippen molar-refractivity contribution in [3.8, 4) is 16.9 Å². The molecular weight excluding hydrogens is 469 g/mol. The van der Waals surface area contributed by atoms with Crippen molar-refractivity contribution in [3.05, 3.63) is 63.3 Å². The van der Waals surface area contributed by atoms with Crippen molar-refractivity contribution >= 4 is 55.6 Å². The molecule has 2 aromatic heterocycles. The lowest BCUT2D eigenvalue weighted by atomic mass is 10.1. The first kappa shape index (κ1) is 18.2. The van der Waals surface area contributed by atoms with Gasteiger partial charge in [0.05, 0.1) is 12.0 Å². The zero-order valence-corrected chi connectivity index (χ0v) is 18.0. The number of benzene rings is 2. The van der Waals surface area contributed by atoms with Crippen LogP contribution >= 0.6 is 33.9 Å². The van der Waals surface area contributed by atoms with Gasteiger partial charge in [-0.3, -0.25) is 0 Å². The third-order valence-electron chi connectivity index (χ3n) is 4.29. The quantitative estimate of drug-likeness (QED) is 0.331. The summed E-state index contributed by atoms with van der Waals surface area (Å²) in [6.45, 7) is 4.75. The van der Waals surface area contributed by atoms with Gasteiger partial charge in [-0.2, -0.15) is 0 Å². The number of nitrogens with zero attached hydrogens (tertiary/aromatic N) is 2. The van der Waals surface area contributed by atoms with Gasteiger partial charge < -0.3 is 10.1 Å². The summed E-state index contributed by atoms with van der Waals surface area (Å²) in [6.07, 6.45) is 1.62. The fourth-order valence-electron chi connectivity index (χ4n) is 2.97. The minimum absolute atomic E-state index is 0.665. The predicted molar refractivity (Wildman–Crippen MR) is 121 cm³/mol. The Balaban J connectivity index is 1.77. The number of halogens is 1. The maximum atomic E-state index is 5.56. The van der Waals surface area contributed by atoms with Crippen LogP contribution in [0.1, 0.15) is 12.5 Å². The number of rotatable bonds is 5. The highest BCUT2D eigenvalue weighted by atomic mass is 127. The van der Waals surface area contributed by atoms with E-state index in [1.807, 2.05) is 19.1 Å². The Morgan fingerprint density at radius 2 is 1.93 bits per heavy atom. The molecule has 0 bridgehead atoms. The Hall–Kier alpha value is -2.19. The number of ether oxygens (including phenoxy) is 1. The summed E-state index contributed by atoms with van der Waals surface area (Å²) >= 11 is 3.96. The molecule has 0 unspecified atom stereocenters. The highest BCUT2D eigenvalue weighted by Crippen LogP contribution is 2.38. The molecule has 0 spiro atoms. The summed E-state index contributed by atoms with van der Waals surface area (Å²) in [7, 11) is 0. The number of hydrogen-bond donors (Lipinski definition) is 1. The van der Waals surface area contributed by atoms with Crippen molar-refractivity contribution in [1.29, 1.82) is 0 Å². The van der Waals surface area contributed by atoms with Gasteiger partial charge in [0.2, 0.25) is 0 Å². The molecule has 1 N–H and O–H groups in total. The van der Waals surface area contributed by atoms with Gasteiger partial charge in [0, 0.05) is 20.2 Å². The minimum Gasteiger partial charge on any atom is -0.494 e. The molecule has 136 valence electrons. The number of aromatic nitrogens is 2. The Morgan fingerprint density at radius 3 is 2.67 bits per heavy atom. The second kappa shape index (κ2) is 7.82. The molecule has 0 aliphatic heterocycles. The van der Waals surface area contributed by atoms with E-state index in [9.17, 15) is 0 Å². The van der Waals surface area contributed by atoms with Crippen LogP contribution in [0.2, 0.25) is 0 Å². The van der Waals surface area contributed by atoms with Crippen LogP contribution in [0, 0.1) is 10.5 Å². The number of fused-ring (bicyclic) bond motifs is 1. The fourth-order valence-corrected chi connectivity index (χ4v) is 4.54. The number of anilines is 2. The van der Waals surface area contributed by atoms with Gasteiger partial charge in [0.1, 0.15) is 22.7 Å². The van der Waals surface area contributed by atoms with E-state index >= 15 is 0 Å². The maximum absolute atomic E-state index is 5.56. The topological polar surface area (TPSA) is 47.0 Å². The SMILES string of the molecule is CCOc1ccc(-c2csc3ncnc(Nc4ccc(I)cc4C)c23)cc1. The van der Waals surface area contributed by atoms with Crippen LogP contribution in [0.5, 0.6) is 5.75 Å². The molecule has 4 rings (SSSR count). The van der Waals surface area contributed by atoms with E-state index in [1.165, 1.54) is 9.13 Å². The summed E-state index contributed by atoms with van der Waals surface area (Å²) in [5, 5.41) is 6.68. The molecular formula is C21H18IN3OS. The zero-order chi connectivity index (χ0) is 18.8. The Morgan fingerprint density at radius 1 is 1.11 bits per heavy atom. The van der Waals surface area contributed by atoms with Gasteiger partial charge in [-0.1, -0.05) is 12.1 Å². The van der Waals surface area contributed by atoms with Gasteiger partial charge in [0.25, 0.3) is 0 Å².